The molecule has 0 aliphatic heterocycles. The predicted molar refractivity (Wildman–Crippen MR) is 67.2 cm³/mol. The van der Waals surface area contributed by atoms with Gasteiger partial charge in [-0.2, -0.15) is 0 Å². The molecule has 0 atom stereocenters. The zero-order valence-electron chi connectivity index (χ0n) is 9.34. The third-order valence-electron chi connectivity index (χ3n) is 2.65. The largest absolute Gasteiger partial charge is 0.488 e. The Kier molecular flexibility index (Phi) is 3.13. The Balaban J connectivity index is 2.50. The lowest BCUT2D eigenvalue weighted by molar-refractivity contribution is 0.0963. The summed E-state index contributed by atoms with van der Waals surface area (Å²) in [5.74, 6) is -0.141. The minimum Gasteiger partial charge on any atom is -0.423 e. The average molecular weight is 229 g/mol. The first-order chi connectivity index (χ1) is 8.11. The molecule has 17 heavy (non-hydrogen) atoms. The molecule has 0 unspecified atom stereocenters. The molecule has 0 saturated carbocycles. The van der Waals surface area contributed by atoms with Crippen molar-refractivity contribution in [2.24, 2.45) is 0 Å². The van der Waals surface area contributed by atoms with Gasteiger partial charge >= 0.3 is 7.12 Å². The van der Waals surface area contributed by atoms with E-state index >= 15 is 0 Å². The zero-order valence-corrected chi connectivity index (χ0v) is 9.34. The molecule has 0 radical (unpaired) electrons. The average Bonchev–Trinajstić information content (AvgIpc) is 2.36. The summed E-state index contributed by atoms with van der Waals surface area (Å²) in [6.45, 7) is 0. The molecule has 0 aromatic heterocycles. The number of carbonyl (C=O) groups is 1. The van der Waals surface area contributed by atoms with E-state index < -0.39 is 7.12 Å². The Morgan fingerprint density at radius 3 is 2.41 bits per heavy atom. The van der Waals surface area contributed by atoms with Crippen molar-refractivity contribution >= 4 is 29.3 Å². The second kappa shape index (κ2) is 4.57. The van der Waals surface area contributed by atoms with E-state index in [1.807, 2.05) is 0 Å². The van der Waals surface area contributed by atoms with Gasteiger partial charge in [-0.15, -0.1) is 0 Å². The number of hydrogen-bond acceptors (Lipinski definition) is 3. The highest BCUT2D eigenvalue weighted by Crippen LogP contribution is 2.14. The standard InChI is InChI=1S/C12H12BNO3/c1-14-12(15)10-3-2-9-7-11(13(16)17)5-4-8(9)6-10/h2-7,16-17H,1H3,(H,14,15). The maximum absolute atomic E-state index is 11.4. The van der Waals surface area contributed by atoms with Gasteiger partial charge in [0.1, 0.15) is 0 Å². The molecule has 3 N–H and O–H groups in total. The number of rotatable bonds is 2. The normalized spacial score (nSPS) is 10.3. The molecule has 0 spiro atoms. The Bertz CT molecular complexity index is 569. The summed E-state index contributed by atoms with van der Waals surface area (Å²) in [7, 11) is 0.107. The smallest absolute Gasteiger partial charge is 0.423 e. The van der Waals surface area contributed by atoms with E-state index in [9.17, 15) is 4.79 Å². The summed E-state index contributed by atoms with van der Waals surface area (Å²) < 4.78 is 0. The number of carbonyl (C=O) groups excluding carboxylic acids is 1. The molecule has 1 amide bonds. The van der Waals surface area contributed by atoms with Crippen molar-refractivity contribution in [2.45, 2.75) is 0 Å². The van der Waals surface area contributed by atoms with E-state index in [1.54, 1.807) is 43.4 Å². The van der Waals surface area contributed by atoms with Crippen LogP contribution in [0.5, 0.6) is 0 Å². The van der Waals surface area contributed by atoms with E-state index in [4.69, 9.17) is 10.0 Å². The summed E-state index contributed by atoms with van der Waals surface area (Å²) in [5.41, 5.74) is 1.02. The van der Waals surface area contributed by atoms with Gasteiger partial charge in [-0.25, -0.2) is 0 Å². The van der Waals surface area contributed by atoms with Crippen LogP contribution in [-0.4, -0.2) is 30.1 Å². The van der Waals surface area contributed by atoms with Crippen molar-refractivity contribution in [1.82, 2.24) is 5.32 Å². The highest BCUT2D eigenvalue weighted by molar-refractivity contribution is 6.58. The van der Waals surface area contributed by atoms with Gasteiger partial charge in [0.15, 0.2) is 0 Å². The van der Waals surface area contributed by atoms with Crippen LogP contribution >= 0.6 is 0 Å². The number of benzene rings is 2. The molecule has 0 saturated heterocycles. The fourth-order valence-electron chi connectivity index (χ4n) is 1.71. The summed E-state index contributed by atoms with van der Waals surface area (Å²) in [6, 6.07) is 10.3. The SMILES string of the molecule is CNC(=O)c1ccc2cc(B(O)O)ccc2c1. The van der Waals surface area contributed by atoms with Crippen LogP contribution in [0.2, 0.25) is 0 Å². The third-order valence-corrected chi connectivity index (χ3v) is 2.65. The number of hydrogen-bond donors (Lipinski definition) is 3. The first-order valence-electron chi connectivity index (χ1n) is 5.24. The van der Waals surface area contributed by atoms with Crippen LogP contribution in [0.1, 0.15) is 10.4 Å². The lowest BCUT2D eigenvalue weighted by Crippen LogP contribution is -2.29. The van der Waals surface area contributed by atoms with Gasteiger partial charge in [0.05, 0.1) is 0 Å². The predicted octanol–water partition coefficient (Wildman–Crippen LogP) is -0.121. The number of nitrogens with one attached hydrogen (secondary N) is 1. The molecule has 4 nitrogen and oxygen atoms in total. The van der Waals surface area contributed by atoms with Gasteiger partial charge in [0.25, 0.3) is 5.91 Å². The molecule has 2 rings (SSSR count). The highest BCUT2D eigenvalue weighted by Gasteiger charge is 2.11. The van der Waals surface area contributed by atoms with E-state index in [2.05, 4.69) is 5.32 Å². The van der Waals surface area contributed by atoms with Crippen LogP contribution in [0.4, 0.5) is 0 Å². The molecular formula is C12H12BNO3. The van der Waals surface area contributed by atoms with E-state index in [0.29, 0.717) is 11.0 Å². The van der Waals surface area contributed by atoms with Crippen LogP contribution in [0.25, 0.3) is 10.8 Å². The lowest BCUT2D eigenvalue weighted by atomic mass is 9.79. The van der Waals surface area contributed by atoms with Gasteiger partial charge in [0, 0.05) is 12.6 Å². The van der Waals surface area contributed by atoms with Crippen LogP contribution in [-0.2, 0) is 0 Å². The van der Waals surface area contributed by atoms with Crippen LogP contribution in [0, 0.1) is 0 Å². The van der Waals surface area contributed by atoms with Crippen LogP contribution in [0.3, 0.4) is 0 Å². The Labute approximate surface area is 99.0 Å². The molecule has 0 bridgehead atoms. The van der Waals surface area contributed by atoms with E-state index in [1.165, 1.54) is 0 Å². The maximum Gasteiger partial charge on any atom is 0.488 e. The molecule has 0 fully saturated rings. The molecule has 2 aromatic rings. The molecule has 0 heterocycles. The lowest BCUT2D eigenvalue weighted by Gasteiger charge is -2.05. The minimum atomic E-state index is -1.47. The minimum absolute atomic E-state index is 0.141. The molecule has 86 valence electrons. The van der Waals surface area contributed by atoms with Gasteiger partial charge in [-0.05, 0) is 28.4 Å². The number of amides is 1. The Hall–Kier alpha value is -1.85. The summed E-state index contributed by atoms with van der Waals surface area (Å²) in [6.07, 6.45) is 0. The van der Waals surface area contributed by atoms with E-state index in [-0.39, 0.29) is 5.91 Å². The molecule has 0 aliphatic carbocycles. The van der Waals surface area contributed by atoms with Crippen LogP contribution < -0.4 is 10.8 Å². The topological polar surface area (TPSA) is 69.6 Å². The van der Waals surface area contributed by atoms with Crippen molar-refractivity contribution in [3.8, 4) is 0 Å². The fraction of sp³-hybridized carbons (Fsp3) is 0.0833. The Morgan fingerprint density at radius 2 is 1.76 bits per heavy atom. The first-order valence-corrected chi connectivity index (χ1v) is 5.24. The second-order valence-electron chi connectivity index (χ2n) is 3.77. The molecule has 2 aromatic carbocycles. The maximum atomic E-state index is 11.4. The zero-order chi connectivity index (χ0) is 12.4. The molecular weight excluding hydrogens is 217 g/mol. The monoisotopic (exact) mass is 229 g/mol. The van der Waals surface area contributed by atoms with Crippen molar-refractivity contribution < 1.29 is 14.8 Å². The van der Waals surface area contributed by atoms with Gasteiger partial charge in [0.2, 0.25) is 0 Å². The fourth-order valence-corrected chi connectivity index (χ4v) is 1.71. The molecule has 0 aliphatic rings. The molecule has 5 heteroatoms. The van der Waals surface area contributed by atoms with Crippen molar-refractivity contribution in [3.63, 3.8) is 0 Å². The van der Waals surface area contributed by atoms with Crippen molar-refractivity contribution in [2.75, 3.05) is 7.05 Å². The summed E-state index contributed by atoms with van der Waals surface area (Å²) in [5, 5.41) is 22.4. The quantitative estimate of drug-likeness (QED) is 0.628. The first kappa shape index (κ1) is 11.6. The highest BCUT2D eigenvalue weighted by atomic mass is 16.4. The van der Waals surface area contributed by atoms with Gasteiger partial charge in [-0.1, -0.05) is 24.3 Å². The summed E-state index contributed by atoms with van der Waals surface area (Å²) in [4.78, 5) is 11.4. The van der Waals surface area contributed by atoms with Crippen molar-refractivity contribution in [3.05, 3.63) is 42.0 Å². The number of fused-ring (bicyclic) bond motifs is 1. The second-order valence-corrected chi connectivity index (χ2v) is 3.77. The third kappa shape index (κ3) is 2.30. The Morgan fingerprint density at radius 1 is 1.12 bits per heavy atom. The van der Waals surface area contributed by atoms with E-state index in [0.717, 1.165) is 10.8 Å². The summed E-state index contributed by atoms with van der Waals surface area (Å²) >= 11 is 0. The van der Waals surface area contributed by atoms with Crippen molar-refractivity contribution in [1.29, 1.82) is 0 Å². The van der Waals surface area contributed by atoms with Crippen LogP contribution in [0.15, 0.2) is 36.4 Å². The van der Waals surface area contributed by atoms with Gasteiger partial charge < -0.3 is 15.4 Å². The van der Waals surface area contributed by atoms with Gasteiger partial charge in [-0.3, -0.25) is 4.79 Å².